The second-order valence-electron chi connectivity index (χ2n) is 6.17. The van der Waals surface area contributed by atoms with Crippen LogP contribution in [0.15, 0.2) is 22.7 Å². The first-order valence-corrected chi connectivity index (χ1v) is 8.26. The molecule has 0 saturated carbocycles. The Morgan fingerprint density at radius 3 is 2.40 bits per heavy atom. The van der Waals surface area contributed by atoms with E-state index in [1.165, 1.54) is 5.56 Å². The highest BCUT2D eigenvalue weighted by Gasteiger charge is 2.15. The molecule has 1 rings (SSSR count). The first-order chi connectivity index (χ1) is 9.43. The van der Waals surface area contributed by atoms with Crippen molar-refractivity contribution in [2.45, 2.75) is 34.1 Å². The van der Waals surface area contributed by atoms with Crippen LogP contribution in [0.1, 0.15) is 33.3 Å². The van der Waals surface area contributed by atoms with Gasteiger partial charge < -0.3 is 10.1 Å². The number of ether oxygens (including phenoxy) is 1. The van der Waals surface area contributed by atoms with E-state index < -0.39 is 0 Å². The molecule has 0 heterocycles. The van der Waals surface area contributed by atoms with Gasteiger partial charge in [0.15, 0.2) is 0 Å². The zero-order valence-electron chi connectivity index (χ0n) is 13.4. The van der Waals surface area contributed by atoms with Gasteiger partial charge in [0.25, 0.3) is 0 Å². The average molecular weight is 342 g/mol. The van der Waals surface area contributed by atoms with Crippen molar-refractivity contribution in [2.24, 2.45) is 17.8 Å². The van der Waals surface area contributed by atoms with Gasteiger partial charge >= 0.3 is 0 Å². The Balaban J connectivity index is 2.56. The number of rotatable bonds is 8. The minimum absolute atomic E-state index is 0.623. The summed E-state index contributed by atoms with van der Waals surface area (Å²) in [6.07, 6.45) is 1.05. The molecule has 0 aliphatic carbocycles. The summed E-state index contributed by atoms with van der Waals surface area (Å²) in [4.78, 5) is 0. The van der Waals surface area contributed by atoms with Crippen molar-refractivity contribution in [3.05, 3.63) is 28.2 Å². The maximum Gasteiger partial charge on any atom is 0.122 e. The highest BCUT2D eigenvalue weighted by Crippen LogP contribution is 2.27. The highest BCUT2D eigenvalue weighted by molar-refractivity contribution is 9.10. The molecule has 0 aromatic heterocycles. The van der Waals surface area contributed by atoms with Gasteiger partial charge in [0, 0.05) is 4.47 Å². The fourth-order valence-corrected chi connectivity index (χ4v) is 2.66. The molecule has 0 bridgehead atoms. The van der Waals surface area contributed by atoms with E-state index in [4.69, 9.17) is 4.74 Å². The van der Waals surface area contributed by atoms with Gasteiger partial charge in [0.05, 0.1) is 7.11 Å². The highest BCUT2D eigenvalue weighted by atomic mass is 79.9. The Labute approximate surface area is 132 Å². The van der Waals surface area contributed by atoms with Crippen LogP contribution in [-0.2, 0) is 6.42 Å². The molecule has 114 valence electrons. The molecule has 1 aromatic carbocycles. The summed E-state index contributed by atoms with van der Waals surface area (Å²) in [7, 11) is 1.74. The fourth-order valence-electron chi connectivity index (χ4n) is 2.26. The summed E-state index contributed by atoms with van der Waals surface area (Å²) in [5.41, 5.74) is 1.28. The van der Waals surface area contributed by atoms with Gasteiger partial charge in [-0.05, 0) is 61.0 Å². The van der Waals surface area contributed by atoms with E-state index in [0.717, 1.165) is 29.7 Å². The summed E-state index contributed by atoms with van der Waals surface area (Å²) in [6, 6.07) is 6.23. The average Bonchev–Trinajstić information content (AvgIpc) is 2.38. The maximum absolute atomic E-state index is 5.46. The molecule has 0 radical (unpaired) electrons. The van der Waals surface area contributed by atoms with E-state index in [1.807, 2.05) is 12.1 Å². The minimum atomic E-state index is 0.623. The normalized spacial score (nSPS) is 14.3. The lowest BCUT2D eigenvalue weighted by atomic mass is 9.89. The predicted molar refractivity (Wildman–Crippen MR) is 90.4 cm³/mol. The Hall–Kier alpha value is -0.540. The predicted octanol–water partition coefficient (Wildman–Crippen LogP) is 4.52. The van der Waals surface area contributed by atoms with Crippen LogP contribution in [0, 0.1) is 17.8 Å². The molecule has 0 aliphatic heterocycles. The van der Waals surface area contributed by atoms with Gasteiger partial charge in [-0.2, -0.15) is 0 Å². The van der Waals surface area contributed by atoms with Crippen molar-refractivity contribution in [3.63, 3.8) is 0 Å². The first-order valence-electron chi connectivity index (χ1n) is 7.47. The van der Waals surface area contributed by atoms with Gasteiger partial charge in [-0.15, -0.1) is 0 Å². The van der Waals surface area contributed by atoms with Crippen LogP contribution in [0.4, 0.5) is 0 Å². The molecule has 0 saturated heterocycles. The van der Waals surface area contributed by atoms with Crippen LogP contribution in [0.25, 0.3) is 0 Å². The van der Waals surface area contributed by atoms with Crippen LogP contribution in [0.3, 0.4) is 0 Å². The van der Waals surface area contributed by atoms with E-state index >= 15 is 0 Å². The number of hydrogen-bond donors (Lipinski definition) is 1. The molecule has 2 unspecified atom stereocenters. The third-order valence-electron chi connectivity index (χ3n) is 3.77. The minimum Gasteiger partial charge on any atom is -0.496 e. The lowest BCUT2D eigenvalue weighted by molar-refractivity contribution is 0.349. The zero-order valence-corrected chi connectivity index (χ0v) is 15.0. The molecule has 0 amide bonds. The molecule has 0 spiro atoms. The van der Waals surface area contributed by atoms with E-state index in [9.17, 15) is 0 Å². The lowest BCUT2D eigenvalue weighted by Gasteiger charge is -2.22. The van der Waals surface area contributed by atoms with Crippen LogP contribution in [0.5, 0.6) is 5.75 Å². The quantitative estimate of drug-likeness (QED) is 0.750. The van der Waals surface area contributed by atoms with Gasteiger partial charge in [-0.1, -0.05) is 43.6 Å². The SMILES string of the molecule is COc1ccc(Br)cc1CC(C)C(C)CNCC(C)C. The molecular formula is C17H28BrNO. The smallest absolute Gasteiger partial charge is 0.122 e. The molecule has 0 fully saturated rings. The summed E-state index contributed by atoms with van der Waals surface area (Å²) in [6.45, 7) is 11.3. The molecule has 3 heteroatoms. The molecule has 2 nitrogen and oxygen atoms in total. The fraction of sp³-hybridized carbons (Fsp3) is 0.647. The molecular weight excluding hydrogens is 314 g/mol. The third kappa shape index (κ3) is 5.84. The van der Waals surface area contributed by atoms with E-state index in [0.29, 0.717) is 17.8 Å². The van der Waals surface area contributed by atoms with Crippen LogP contribution in [-0.4, -0.2) is 20.2 Å². The summed E-state index contributed by atoms with van der Waals surface area (Å²) >= 11 is 3.54. The summed E-state index contributed by atoms with van der Waals surface area (Å²) in [5, 5.41) is 3.55. The standard InChI is InChI=1S/C17H28BrNO/c1-12(2)10-19-11-14(4)13(3)8-15-9-16(18)6-7-17(15)20-5/h6-7,9,12-14,19H,8,10-11H2,1-5H3. The Morgan fingerprint density at radius 1 is 1.10 bits per heavy atom. The van der Waals surface area contributed by atoms with Gasteiger partial charge in [0.2, 0.25) is 0 Å². The van der Waals surface area contributed by atoms with Crippen molar-refractivity contribution in [1.82, 2.24) is 5.32 Å². The molecule has 1 aromatic rings. The Morgan fingerprint density at radius 2 is 1.80 bits per heavy atom. The van der Waals surface area contributed by atoms with Crippen molar-refractivity contribution in [1.29, 1.82) is 0 Å². The van der Waals surface area contributed by atoms with Crippen LogP contribution in [0.2, 0.25) is 0 Å². The van der Waals surface area contributed by atoms with Crippen molar-refractivity contribution in [2.75, 3.05) is 20.2 Å². The Bertz CT molecular complexity index is 406. The van der Waals surface area contributed by atoms with Crippen LogP contribution < -0.4 is 10.1 Å². The van der Waals surface area contributed by atoms with Crippen molar-refractivity contribution in [3.8, 4) is 5.75 Å². The number of benzene rings is 1. The summed E-state index contributed by atoms with van der Waals surface area (Å²) in [5.74, 6) is 2.97. The van der Waals surface area contributed by atoms with Gasteiger partial charge in [-0.25, -0.2) is 0 Å². The van der Waals surface area contributed by atoms with E-state index in [1.54, 1.807) is 7.11 Å². The molecule has 1 N–H and O–H groups in total. The van der Waals surface area contributed by atoms with E-state index in [-0.39, 0.29) is 0 Å². The van der Waals surface area contributed by atoms with Gasteiger partial charge in [-0.3, -0.25) is 0 Å². The van der Waals surface area contributed by atoms with Gasteiger partial charge in [0.1, 0.15) is 5.75 Å². The number of hydrogen-bond acceptors (Lipinski definition) is 2. The third-order valence-corrected chi connectivity index (χ3v) is 4.27. The van der Waals surface area contributed by atoms with E-state index in [2.05, 4.69) is 55.0 Å². The Kier molecular flexibility index (Phi) is 7.60. The number of nitrogens with one attached hydrogen (secondary N) is 1. The first kappa shape index (κ1) is 17.5. The largest absolute Gasteiger partial charge is 0.496 e. The maximum atomic E-state index is 5.46. The lowest BCUT2D eigenvalue weighted by Crippen LogP contribution is -2.28. The number of methoxy groups -OCH3 is 1. The second kappa shape index (κ2) is 8.68. The topological polar surface area (TPSA) is 21.3 Å². The molecule has 0 aliphatic rings. The summed E-state index contributed by atoms with van der Waals surface area (Å²) < 4.78 is 6.57. The van der Waals surface area contributed by atoms with Crippen LogP contribution >= 0.6 is 15.9 Å². The monoisotopic (exact) mass is 341 g/mol. The second-order valence-corrected chi connectivity index (χ2v) is 7.08. The number of halogens is 1. The molecule has 20 heavy (non-hydrogen) atoms. The van der Waals surface area contributed by atoms with Crippen molar-refractivity contribution < 1.29 is 4.74 Å². The molecule has 2 atom stereocenters. The zero-order chi connectivity index (χ0) is 15.1. The van der Waals surface area contributed by atoms with Crippen molar-refractivity contribution >= 4 is 15.9 Å².